The van der Waals surface area contributed by atoms with E-state index in [1.807, 2.05) is 31.3 Å². The molecule has 2 heteroatoms. The van der Waals surface area contributed by atoms with Crippen LogP contribution in [0.3, 0.4) is 0 Å². The van der Waals surface area contributed by atoms with Crippen molar-refractivity contribution in [3.63, 3.8) is 0 Å². The average Bonchev–Trinajstić information content (AvgIpc) is 2.56. The molecular weight excluding hydrogens is 292 g/mol. The van der Waals surface area contributed by atoms with E-state index >= 15 is 0 Å². The molecule has 1 atom stereocenters. The fourth-order valence-electron chi connectivity index (χ4n) is 2.28. The van der Waals surface area contributed by atoms with Gasteiger partial charge >= 0.3 is 0 Å². The first-order valence-electron chi connectivity index (χ1n) is 8.34. The van der Waals surface area contributed by atoms with Gasteiger partial charge in [0.1, 0.15) is 0 Å². The van der Waals surface area contributed by atoms with Gasteiger partial charge in [0.05, 0.1) is 6.54 Å². The third kappa shape index (κ3) is 7.46. The molecule has 0 fully saturated rings. The van der Waals surface area contributed by atoms with Crippen LogP contribution in [0.1, 0.15) is 37.8 Å². The molecule has 0 heterocycles. The SMILES string of the molecule is C#CCN(C)Cc1ccccc1.CC(c1ccccc1)C(C)(C)N. The minimum atomic E-state index is -0.138. The molecule has 2 rings (SSSR count). The maximum absolute atomic E-state index is 6.01. The van der Waals surface area contributed by atoms with Crippen LogP contribution in [-0.2, 0) is 6.54 Å². The first-order chi connectivity index (χ1) is 11.3. The third-order valence-corrected chi connectivity index (χ3v) is 4.07. The molecule has 0 saturated heterocycles. The summed E-state index contributed by atoms with van der Waals surface area (Å²) >= 11 is 0. The minimum absolute atomic E-state index is 0.138. The van der Waals surface area contributed by atoms with Crippen LogP contribution in [0.2, 0.25) is 0 Å². The summed E-state index contributed by atoms with van der Waals surface area (Å²) in [6, 6.07) is 20.7. The molecule has 0 bridgehead atoms. The molecule has 2 aromatic carbocycles. The van der Waals surface area contributed by atoms with Crippen molar-refractivity contribution in [3.8, 4) is 12.3 Å². The summed E-state index contributed by atoms with van der Waals surface area (Å²) in [6.45, 7) is 7.91. The van der Waals surface area contributed by atoms with Crippen LogP contribution in [0.4, 0.5) is 0 Å². The summed E-state index contributed by atoms with van der Waals surface area (Å²) in [7, 11) is 2.02. The second-order valence-electron chi connectivity index (χ2n) is 6.82. The monoisotopic (exact) mass is 322 g/mol. The maximum atomic E-state index is 6.01. The molecule has 0 aliphatic rings. The summed E-state index contributed by atoms with van der Waals surface area (Å²) in [5.41, 5.74) is 8.48. The summed E-state index contributed by atoms with van der Waals surface area (Å²) in [5, 5.41) is 0. The molecular formula is C22H30N2. The smallest absolute Gasteiger partial charge is 0.0599 e. The Morgan fingerprint density at radius 2 is 1.54 bits per heavy atom. The number of terminal acetylenes is 1. The first-order valence-corrected chi connectivity index (χ1v) is 8.34. The standard InChI is InChI=1S/C11H17N.C11H13N/c1-9(11(2,3)12)10-7-5-4-6-8-10;1-3-9-12(2)10-11-7-5-4-6-8-11/h4-9H,12H2,1-3H3;1,4-8H,9-10H2,2H3. The van der Waals surface area contributed by atoms with Crippen LogP contribution in [0, 0.1) is 12.3 Å². The maximum Gasteiger partial charge on any atom is 0.0599 e. The highest BCUT2D eigenvalue weighted by atomic mass is 15.1. The van der Waals surface area contributed by atoms with E-state index in [0.29, 0.717) is 12.5 Å². The van der Waals surface area contributed by atoms with Crippen LogP contribution in [0.15, 0.2) is 60.7 Å². The fourth-order valence-corrected chi connectivity index (χ4v) is 2.28. The Morgan fingerprint density at radius 1 is 1.04 bits per heavy atom. The normalized spacial score (nSPS) is 12.0. The lowest BCUT2D eigenvalue weighted by molar-refractivity contribution is 0.369. The number of nitrogens with two attached hydrogens (primary N) is 1. The molecule has 1 unspecified atom stereocenters. The Hall–Kier alpha value is -2.08. The lowest BCUT2D eigenvalue weighted by Crippen LogP contribution is -2.37. The Kier molecular flexibility index (Phi) is 8.26. The van der Waals surface area contributed by atoms with Crippen LogP contribution in [-0.4, -0.2) is 24.0 Å². The highest BCUT2D eigenvalue weighted by molar-refractivity contribution is 5.21. The quantitative estimate of drug-likeness (QED) is 0.833. The predicted molar refractivity (Wildman–Crippen MR) is 105 cm³/mol. The van der Waals surface area contributed by atoms with Crippen molar-refractivity contribution in [3.05, 3.63) is 71.8 Å². The van der Waals surface area contributed by atoms with E-state index in [1.165, 1.54) is 11.1 Å². The van der Waals surface area contributed by atoms with E-state index in [4.69, 9.17) is 12.2 Å². The van der Waals surface area contributed by atoms with Gasteiger partial charge in [0, 0.05) is 12.1 Å². The van der Waals surface area contributed by atoms with Crippen molar-refractivity contribution in [2.45, 2.75) is 38.8 Å². The predicted octanol–water partition coefficient (Wildman–Crippen LogP) is 4.28. The van der Waals surface area contributed by atoms with Crippen LogP contribution in [0.5, 0.6) is 0 Å². The van der Waals surface area contributed by atoms with Crippen molar-refractivity contribution in [2.24, 2.45) is 5.73 Å². The third-order valence-electron chi connectivity index (χ3n) is 4.07. The molecule has 0 aliphatic heterocycles. The molecule has 0 aliphatic carbocycles. The second-order valence-corrected chi connectivity index (χ2v) is 6.82. The van der Waals surface area contributed by atoms with Gasteiger partial charge in [-0.2, -0.15) is 0 Å². The van der Waals surface area contributed by atoms with Crippen molar-refractivity contribution >= 4 is 0 Å². The van der Waals surface area contributed by atoms with Crippen LogP contribution in [0.25, 0.3) is 0 Å². The van der Waals surface area contributed by atoms with Gasteiger partial charge in [-0.3, -0.25) is 4.90 Å². The van der Waals surface area contributed by atoms with E-state index < -0.39 is 0 Å². The zero-order valence-electron chi connectivity index (χ0n) is 15.4. The van der Waals surface area contributed by atoms with E-state index in [9.17, 15) is 0 Å². The van der Waals surface area contributed by atoms with Gasteiger partial charge in [-0.25, -0.2) is 0 Å². The van der Waals surface area contributed by atoms with Gasteiger partial charge in [-0.05, 0) is 37.9 Å². The molecule has 2 nitrogen and oxygen atoms in total. The largest absolute Gasteiger partial charge is 0.325 e. The molecule has 2 aromatic rings. The molecule has 0 aromatic heterocycles. The molecule has 0 amide bonds. The Labute approximate surface area is 147 Å². The molecule has 0 radical (unpaired) electrons. The molecule has 24 heavy (non-hydrogen) atoms. The number of nitrogens with zero attached hydrogens (tertiary/aromatic N) is 1. The lowest BCUT2D eigenvalue weighted by atomic mass is 9.84. The van der Waals surface area contributed by atoms with Gasteiger partial charge in [0.25, 0.3) is 0 Å². The Bertz CT molecular complexity index is 606. The summed E-state index contributed by atoms with van der Waals surface area (Å²) in [6.07, 6.45) is 5.19. The Morgan fingerprint density at radius 3 is 2.00 bits per heavy atom. The minimum Gasteiger partial charge on any atom is -0.325 e. The average molecular weight is 322 g/mol. The van der Waals surface area contributed by atoms with Crippen LogP contribution < -0.4 is 5.73 Å². The highest BCUT2D eigenvalue weighted by Gasteiger charge is 2.21. The molecule has 0 saturated carbocycles. The van der Waals surface area contributed by atoms with Crippen molar-refractivity contribution in [2.75, 3.05) is 13.6 Å². The number of benzene rings is 2. The van der Waals surface area contributed by atoms with E-state index in [-0.39, 0.29) is 5.54 Å². The van der Waals surface area contributed by atoms with E-state index in [2.05, 4.69) is 68.0 Å². The summed E-state index contributed by atoms with van der Waals surface area (Å²) < 4.78 is 0. The van der Waals surface area contributed by atoms with Gasteiger partial charge in [0.15, 0.2) is 0 Å². The number of hydrogen-bond donors (Lipinski definition) is 1. The zero-order valence-corrected chi connectivity index (χ0v) is 15.4. The molecule has 2 N–H and O–H groups in total. The topological polar surface area (TPSA) is 29.3 Å². The second kappa shape index (κ2) is 9.93. The van der Waals surface area contributed by atoms with Gasteiger partial charge in [-0.1, -0.05) is 73.5 Å². The van der Waals surface area contributed by atoms with E-state index in [0.717, 1.165) is 6.54 Å². The van der Waals surface area contributed by atoms with Gasteiger partial charge in [-0.15, -0.1) is 6.42 Å². The van der Waals surface area contributed by atoms with Crippen molar-refractivity contribution in [1.29, 1.82) is 0 Å². The molecule has 0 spiro atoms. The fraction of sp³-hybridized carbons (Fsp3) is 0.364. The lowest BCUT2D eigenvalue weighted by Gasteiger charge is -2.27. The number of rotatable bonds is 5. The summed E-state index contributed by atoms with van der Waals surface area (Å²) in [4.78, 5) is 2.11. The Balaban J connectivity index is 0.000000240. The first kappa shape index (κ1) is 20.0. The van der Waals surface area contributed by atoms with E-state index in [1.54, 1.807) is 0 Å². The van der Waals surface area contributed by atoms with Gasteiger partial charge < -0.3 is 5.73 Å². The summed E-state index contributed by atoms with van der Waals surface area (Å²) in [5.74, 6) is 3.02. The van der Waals surface area contributed by atoms with Crippen LogP contribution >= 0.6 is 0 Å². The number of hydrogen-bond acceptors (Lipinski definition) is 2. The van der Waals surface area contributed by atoms with Crippen molar-refractivity contribution in [1.82, 2.24) is 4.90 Å². The van der Waals surface area contributed by atoms with Crippen molar-refractivity contribution < 1.29 is 0 Å². The highest BCUT2D eigenvalue weighted by Crippen LogP contribution is 2.24. The zero-order chi connectivity index (χ0) is 18.0. The van der Waals surface area contributed by atoms with Gasteiger partial charge in [0.2, 0.25) is 0 Å². The molecule has 128 valence electrons.